The van der Waals surface area contributed by atoms with Crippen molar-refractivity contribution in [3.63, 3.8) is 0 Å². The Kier molecular flexibility index (Phi) is 11.2. The van der Waals surface area contributed by atoms with Crippen LogP contribution in [0, 0.1) is 0 Å². The van der Waals surface area contributed by atoms with Crippen LogP contribution in [0.3, 0.4) is 0 Å². The van der Waals surface area contributed by atoms with Gasteiger partial charge in [-0.3, -0.25) is 0 Å². The molecular formula is C12H18Al2Mg. The lowest BCUT2D eigenvalue weighted by Gasteiger charge is -1.98. The second-order valence-corrected chi connectivity index (χ2v) is 2.73. The van der Waals surface area contributed by atoms with E-state index >= 15 is 0 Å². The van der Waals surface area contributed by atoms with E-state index in [4.69, 9.17) is 0 Å². The molecule has 2 rings (SSSR count). The largest absolute Gasteiger partial charge is 0.316 e. The molecule has 0 fully saturated rings. The van der Waals surface area contributed by atoms with Crippen molar-refractivity contribution in [3.05, 3.63) is 60.7 Å². The summed E-state index contributed by atoms with van der Waals surface area (Å²) in [6.07, 6.45) is 0. The molecule has 0 aromatic heterocycles. The van der Waals surface area contributed by atoms with E-state index < -0.39 is 0 Å². The molecule has 0 atom stereocenters. The van der Waals surface area contributed by atoms with Gasteiger partial charge in [0.2, 0.25) is 0 Å². The van der Waals surface area contributed by atoms with E-state index in [0.717, 1.165) is 0 Å². The Hall–Kier alpha value is 0.271. The molecule has 15 heavy (non-hydrogen) atoms. The first-order chi connectivity index (χ1) is 5.97. The van der Waals surface area contributed by atoms with E-state index in [1.54, 1.807) is 0 Å². The topological polar surface area (TPSA) is 0 Å². The Morgan fingerprint density at radius 2 is 0.733 bits per heavy atom. The average Bonchev–Trinajstić information content (AvgIpc) is 2.21. The van der Waals surface area contributed by atoms with E-state index in [1.165, 1.54) is 11.1 Å². The summed E-state index contributed by atoms with van der Waals surface area (Å²) >= 11 is 0. The van der Waals surface area contributed by atoms with Crippen molar-refractivity contribution in [3.8, 4) is 11.1 Å². The summed E-state index contributed by atoms with van der Waals surface area (Å²) in [5.41, 5.74) is 2.55. The van der Waals surface area contributed by atoms with E-state index in [1.807, 2.05) is 12.1 Å². The maximum absolute atomic E-state index is 2.12. The summed E-state index contributed by atoms with van der Waals surface area (Å²) in [5, 5.41) is 0. The van der Waals surface area contributed by atoms with Gasteiger partial charge in [0.05, 0.1) is 0 Å². The van der Waals surface area contributed by atoms with Crippen LogP contribution in [0.1, 0.15) is 0 Å². The van der Waals surface area contributed by atoms with Crippen LogP contribution in [0.4, 0.5) is 0 Å². The fourth-order valence-electron chi connectivity index (χ4n) is 1.26. The molecular weight excluding hydrogens is 222 g/mol. The highest BCUT2D eigenvalue weighted by Gasteiger charge is 1.91. The maximum Gasteiger partial charge on any atom is 0.316 e. The maximum atomic E-state index is 2.12. The fraction of sp³-hybridized carbons (Fsp3) is 0. The van der Waals surface area contributed by atoms with E-state index in [9.17, 15) is 0 Å². The highest BCUT2D eigenvalue weighted by Crippen LogP contribution is 2.17. The van der Waals surface area contributed by atoms with Gasteiger partial charge in [-0.05, 0) is 11.1 Å². The molecule has 0 heterocycles. The molecule has 0 nitrogen and oxygen atoms in total. The fourth-order valence-corrected chi connectivity index (χ4v) is 1.26. The molecule has 0 unspecified atom stereocenters. The average molecular weight is 241 g/mol. The lowest BCUT2D eigenvalue weighted by atomic mass is 10.1. The van der Waals surface area contributed by atoms with Crippen molar-refractivity contribution in [2.45, 2.75) is 0 Å². The van der Waals surface area contributed by atoms with Crippen LogP contribution in [0.5, 0.6) is 0 Å². The Balaban J connectivity index is 0. The Morgan fingerprint density at radius 3 is 1.00 bits per heavy atom. The van der Waals surface area contributed by atoms with Crippen LogP contribution in [-0.4, -0.2) is 57.8 Å². The Morgan fingerprint density at radius 1 is 0.467 bits per heavy atom. The second kappa shape index (κ2) is 9.49. The Bertz CT molecular complexity index is 311. The van der Waals surface area contributed by atoms with Crippen molar-refractivity contribution < 1.29 is 0 Å². The third-order valence-corrected chi connectivity index (χ3v) is 1.88. The molecule has 0 saturated heterocycles. The molecule has 0 bridgehead atoms. The second-order valence-electron chi connectivity index (χ2n) is 2.73. The van der Waals surface area contributed by atoms with Gasteiger partial charge >= 0.3 is 23.1 Å². The molecule has 0 spiro atoms. The molecule has 74 valence electrons. The normalized spacial score (nSPS) is 7.73. The first-order valence-corrected chi connectivity index (χ1v) is 4.07. The van der Waals surface area contributed by atoms with Crippen LogP contribution in [0.25, 0.3) is 11.1 Å². The Labute approximate surface area is 129 Å². The predicted molar refractivity (Wildman–Crippen MR) is 80.3 cm³/mol. The van der Waals surface area contributed by atoms with Crippen LogP contribution >= 0.6 is 0 Å². The van der Waals surface area contributed by atoms with Crippen molar-refractivity contribution >= 4 is 57.8 Å². The quantitative estimate of drug-likeness (QED) is 0.619. The molecule has 0 aliphatic rings. The summed E-state index contributed by atoms with van der Waals surface area (Å²) in [5.74, 6) is 0. The molecule has 2 aromatic rings. The van der Waals surface area contributed by atoms with Gasteiger partial charge in [-0.1, -0.05) is 60.7 Å². The molecule has 3 heteroatoms. The van der Waals surface area contributed by atoms with E-state index in [0.29, 0.717) is 0 Å². The first-order valence-electron chi connectivity index (χ1n) is 4.07. The van der Waals surface area contributed by atoms with Gasteiger partial charge in [-0.25, -0.2) is 0 Å². The van der Waals surface area contributed by atoms with Gasteiger partial charge in [0.15, 0.2) is 34.7 Å². The lowest BCUT2D eigenvalue weighted by Crippen LogP contribution is -1.73. The zero-order chi connectivity index (χ0) is 8.23. The van der Waals surface area contributed by atoms with E-state index in [2.05, 4.69) is 48.5 Å². The molecule has 2 aromatic carbocycles. The van der Waals surface area contributed by atoms with Crippen molar-refractivity contribution in [2.75, 3.05) is 0 Å². The van der Waals surface area contributed by atoms with Crippen LogP contribution < -0.4 is 0 Å². The molecule has 0 aliphatic heterocycles. The van der Waals surface area contributed by atoms with Gasteiger partial charge in [-0.2, -0.15) is 0 Å². The van der Waals surface area contributed by atoms with Crippen molar-refractivity contribution in [1.82, 2.24) is 0 Å². The van der Waals surface area contributed by atoms with Gasteiger partial charge in [0.25, 0.3) is 0 Å². The summed E-state index contributed by atoms with van der Waals surface area (Å²) in [4.78, 5) is 0. The number of rotatable bonds is 1. The molecule has 0 radical (unpaired) electrons. The summed E-state index contributed by atoms with van der Waals surface area (Å²) in [6, 6.07) is 20.8. The SMILES string of the molecule is [AlH3].[AlH3].[MgH2].c1ccc(-c2ccccc2)cc1. The van der Waals surface area contributed by atoms with Crippen LogP contribution in [0.2, 0.25) is 0 Å². The summed E-state index contributed by atoms with van der Waals surface area (Å²) in [6.45, 7) is 0. The third kappa shape index (κ3) is 5.23. The molecule has 0 saturated carbocycles. The highest BCUT2D eigenvalue weighted by molar-refractivity contribution is 5.76. The lowest BCUT2D eigenvalue weighted by molar-refractivity contribution is 1.62. The van der Waals surface area contributed by atoms with Gasteiger partial charge in [0, 0.05) is 0 Å². The highest BCUT2D eigenvalue weighted by atomic mass is 27.0. The monoisotopic (exact) mass is 240 g/mol. The van der Waals surface area contributed by atoms with Crippen LogP contribution in [0.15, 0.2) is 60.7 Å². The van der Waals surface area contributed by atoms with Crippen molar-refractivity contribution in [2.24, 2.45) is 0 Å². The predicted octanol–water partition coefficient (Wildman–Crippen LogP) is 0.0696. The van der Waals surface area contributed by atoms with Gasteiger partial charge in [0.1, 0.15) is 0 Å². The number of hydrogen-bond donors (Lipinski definition) is 0. The minimum absolute atomic E-state index is 0. The minimum Gasteiger partial charge on any atom is -0.0622 e. The van der Waals surface area contributed by atoms with E-state index in [-0.39, 0.29) is 57.8 Å². The number of benzene rings is 2. The van der Waals surface area contributed by atoms with Gasteiger partial charge in [-0.15, -0.1) is 0 Å². The summed E-state index contributed by atoms with van der Waals surface area (Å²) in [7, 11) is 0. The zero-order valence-electron chi connectivity index (χ0n) is 6.77. The summed E-state index contributed by atoms with van der Waals surface area (Å²) < 4.78 is 0. The smallest absolute Gasteiger partial charge is 0.0622 e. The molecule has 0 N–H and O–H groups in total. The van der Waals surface area contributed by atoms with Crippen molar-refractivity contribution in [1.29, 1.82) is 0 Å². The first kappa shape index (κ1) is 17.7. The zero-order valence-corrected chi connectivity index (χ0v) is 6.77. The molecule has 0 amide bonds. The standard InChI is InChI=1S/C12H10.2Al.Mg.8H/c1-3-7-11(8-4-1)12-9-5-2-6-10-12;;;;;;;;;;;/h1-10H;;;;;;;;;;;. The minimum atomic E-state index is 0. The third-order valence-electron chi connectivity index (χ3n) is 1.88. The van der Waals surface area contributed by atoms with Crippen LogP contribution in [-0.2, 0) is 0 Å². The molecule has 0 aliphatic carbocycles. The number of hydrogen-bond acceptors (Lipinski definition) is 0. The van der Waals surface area contributed by atoms with Gasteiger partial charge < -0.3 is 0 Å².